The summed E-state index contributed by atoms with van der Waals surface area (Å²) in [6.07, 6.45) is 1.55. The van der Waals surface area contributed by atoms with E-state index < -0.39 is 10.5 Å². The zero-order valence-electron chi connectivity index (χ0n) is 11.8. The van der Waals surface area contributed by atoms with Gasteiger partial charge in [-0.25, -0.2) is 0 Å². The Bertz CT molecular complexity index is 461. The van der Waals surface area contributed by atoms with E-state index >= 15 is 0 Å². The molecule has 0 unspecified atom stereocenters. The lowest BCUT2D eigenvalue weighted by atomic mass is 10.1. The predicted octanol–water partition coefficient (Wildman–Crippen LogP) is 0.883. The Morgan fingerprint density at radius 1 is 1.35 bits per heavy atom. The fourth-order valence-corrected chi connectivity index (χ4v) is 2.38. The van der Waals surface area contributed by atoms with Crippen LogP contribution in [0.2, 0.25) is 0 Å². The summed E-state index contributed by atoms with van der Waals surface area (Å²) in [6, 6.07) is 3.16. The van der Waals surface area contributed by atoms with Crippen molar-refractivity contribution >= 4 is 11.5 Å². The van der Waals surface area contributed by atoms with Crippen LogP contribution in [-0.4, -0.2) is 58.2 Å². The van der Waals surface area contributed by atoms with Crippen molar-refractivity contribution < 1.29 is 10.0 Å². The van der Waals surface area contributed by atoms with E-state index in [0.29, 0.717) is 6.54 Å². The van der Waals surface area contributed by atoms with Crippen molar-refractivity contribution in [2.75, 3.05) is 37.6 Å². The van der Waals surface area contributed by atoms with Crippen LogP contribution in [0.3, 0.4) is 0 Å². The van der Waals surface area contributed by atoms with Gasteiger partial charge in [-0.15, -0.1) is 0 Å². The second-order valence-electron chi connectivity index (χ2n) is 5.71. The van der Waals surface area contributed by atoms with Gasteiger partial charge < -0.3 is 20.1 Å². The van der Waals surface area contributed by atoms with E-state index in [-0.39, 0.29) is 5.82 Å². The van der Waals surface area contributed by atoms with Gasteiger partial charge in [0.1, 0.15) is 0 Å². The lowest BCUT2D eigenvalue weighted by molar-refractivity contribution is -0.389. The molecule has 1 aliphatic rings. The lowest BCUT2D eigenvalue weighted by Crippen LogP contribution is -2.50. The Kier molecular flexibility index (Phi) is 4.20. The largest absolute Gasteiger partial charge is 0.389 e. The van der Waals surface area contributed by atoms with Crippen molar-refractivity contribution in [1.29, 1.82) is 0 Å². The van der Waals surface area contributed by atoms with Crippen molar-refractivity contribution in [2.45, 2.75) is 19.4 Å². The summed E-state index contributed by atoms with van der Waals surface area (Å²) < 4.78 is 0. The van der Waals surface area contributed by atoms with Gasteiger partial charge in [0.2, 0.25) is 0 Å². The molecule has 0 saturated carbocycles. The zero-order valence-corrected chi connectivity index (χ0v) is 11.8. The maximum atomic E-state index is 10.6. The van der Waals surface area contributed by atoms with Gasteiger partial charge in [0.15, 0.2) is 6.20 Å². The second-order valence-corrected chi connectivity index (χ2v) is 5.71. The summed E-state index contributed by atoms with van der Waals surface area (Å²) >= 11 is 0. The number of anilines is 1. The molecule has 0 amide bonds. The molecule has 1 aromatic heterocycles. The predicted molar refractivity (Wildman–Crippen MR) is 75.8 cm³/mol. The Morgan fingerprint density at radius 2 is 2.00 bits per heavy atom. The van der Waals surface area contributed by atoms with Crippen LogP contribution in [0, 0.1) is 10.1 Å². The van der Waals surface area contributed by atoms with Crippen LogP contribution >= 0.6 is 0 Å². The molecule has 2 heterocycles. The quantitative estimate of drug-likeness (QED) is 0.651. The highest BCUT2D eigenvalue weighted by molar-refractivity contribution is 5.46. The first kappa shape index (κ1) is 14.7. The molecule has 2 rings (SSSR count). The van der Waals surface area contributed by atoms with Gasteiger partial charge in [-0.3, -0.25) is 4.90 Å². The number of β-amino-alcohol motifs (C(OH)–C–C–N with tert-alkyl or cyclic N) is 1. The minimum absolute atomic E-state index is 0.130. The summed E-state index contributed by atoms with van der Waals surface area (Å²) in [5.74, 6) is -0.130. The Hall–Kier alpha value is -1.73. The molecular formula is C13H20N4O3. The molecule has 0 spiro atoms. The highest BCUT2D eigenvalue weighted by atomic mass is 16.6. The third kappa shape index (κ3) is 3.88. The summed E-state index contributed by atoms with van der Waals surface area (Å²) in [5, 5.41) is 20.4. The SMILES string of the molecule is CC(C)(O)CN1CCN(c2ccc([N+](=O)[O-])nc2)CC1. The number of piperazine rings is 1. The molecule has 110 valence electrons. The van der Waals surface area contributed by atoms with Crippen molar-refractivity contribution in [3.63, 3.8) is 0 Å². The molecule has 7 heteroatoms. The molecule has 1 aliphatic heterocycles. The van der Waals surface area contributed by atoms with Crippen LogP contribution in [0.25, 0.3) is 0 Å². The topological polar surface area (TPSA) is 82.7 Å². The van der Waals surface area contributed by atoms with Gasteiger partial charge in [-0.2, -0.15) is 0 Å². The average molecular weight is 280 g/mol. The van der Waals surface area contributed by atoms with E-state index in [9.17, 15) is 15.2 Å². The molecule has 1 fully saturated rings. The van der Waals surface area contributed by atoms with Crippen LogP contribution in [0.4, 0.5) is 11.5 Å². The molecule has 1 N–H and O–H groups in total. The fourth-order valence-electron chi connectivity index (χ4n) is 2.38. The molecule has 0 bridgehead atoms. The summed E-state index contributed by atoms with van der Waals surface area (Å²) in [5.41, 5.74) is 0.218. The maximum absolute atomic E-state index is 10.6. The van der Waals surface area contributed by atoms with Crippen LogP contribution in [0.1, 0.15) is 13.8 Å². The standard InChI is InChI=1S/C13H20N4O3/c1-13(2,18)10-15-5-7-16(8-6-15)11-3-4-12(14-9-11)17(19)20/h3-4,9,18H,5-8,10H2,1-2H3. The Balaban J connectivity index is 1.92. The van der Waals surface area contributed by atoms with E-state index in [1.807, 2.05) is 0 Å². The lowest BCUT2D eigenvalue weighted by Gasteiger charge is -2.37. The Labute approximate surface area is 118 Å². The van der Waals surface area contributed by atoms with Gasteiger partial charge in [0.05, 0.1) is 11.3 Å². The summed E-state index contributed by atoms with van der Waals surface area (Å²) in [6.45, 7) is 7.64. The normalized spacial score (nSPS) is 17.2. The Morgan fingerprint density at radius 3 is 2.45 bits per heavy atom. The first-order chi connectivity index (χ1) is 9.35. The van der Waals surface area contributed by atoms with E-state index in [2.05, 4.69) is 14.8 Å². The minimum Gasteiger partial charge on any atom is -0.389 e. The van der Waals surface area contributed by atoms with Gasteiger partial charge in [0.25, 0.3) is 0 Å². The highest BCUT2D eigenvalue weighted by Gasteiger charge is 2.23. The van der Waals surface area contributed by atoms with Crippen molar-refractivity contribution in [3.05, 3.63) is 28.4 Å². The van der Waals surface area contributed by atoms with E-state index in [4.69, 9.17) is 0 Å². The molecule has 7 nitrogen and oxygen atoms in total. The molecule has 0 radical (unpaired) electrons. The molecule has 0 aromatic carbocycles. The molecule has 0 atom stereocenters. The van der Waals surface area contributed by atoms with Crippen molar-refractivity contribution in [2.24, 2.45) is 0 Å². The first-order valence-corrected chi connectivity index (χ1v) is 6.65. The number of hydrogen-bond donors (Lipinski definition) is 1. The van der Waals surface area contributed by atoms with E-state index in [1.165, 1.54) is 6.07 Å². The third-order valence-electron chi connectivity index (χ3n) is 3.27. The third-order valence-corrected chi connectivity index (χ3v) is 3.27. The molecular weight excluding hydrogens is 260 g/mol. The van der Waals surface area contributed by atoms with Crippen LogP contribution in [-0.2, 0) is 0 Å². The van der Waals surface area contributed by atoms with Gasteiger partial charge in [-0.05, 0) is 29.8 Å². The van der Waals surface area contributed by atoms with Crippen molar-refractivity contribution in [1.82, 2.24) is 9.88 Å². The number of aliphatic hydroxyl groups is 1. The average Bonchev–Trinajstić information content (AvgIpc) is 2.38. The first-order valence-electron chi connectivity index (χ1n) is 6.65. The smallest absolute Gasteiger partial charge is 0.363 e. The van der Waals surface area contributed by atoms with Gasteiger partial charge >= 0.3 is 5.82 Å². The zero-order chi connectivity index (χ0) is 14.8. The summed E-state index contributed by atoms with van der Waals surface area (Å²) in [4.78, 5) is 18.3. The number of nitro groups is 1. The number of aromatic nitrogens is 1. The second kappa shape index (κ2) is 5.72. The number of rotatable bonds is 4. The van der Waals surface area contributed by atoms with Crippen LogP contribution in [0.5, 0.6) is 0 Å². The number of nitrogens with zero attached hydrogens (tertiary/aromatic N) is 4. The monoisotopic (exact) mass is 280 g/mol. The maximum Gasteiger partial charge on any atom is 0.363 e. The number of pyridine rings is 1. The fraction of sp³-hybridized carbons (Fsp3) is 0.615. The van der Waals surface area contributed by atoms with Gasteiger partial charge in [0, 0.05) is 38.8 Å². The molecule has 1 aromatic rings. The van der Waals surface area contributed by atoms with E-state index in [1.54, 1.807) is 26.1 Å². The highest BCUT2D eigenvalue weighted by Crippen LogP contribution is 2.18. The number of hydrogen-bond acceptors (Lipinski definition) is 6. The molecule has 20 heavy (non-hydrogen) atoms. The minimum atomic E-state index is -0.683. The van der Waals surface area contributed by atoms with Crippen LogP contribution in [0.15, 0.2) is 18.3 Å². The van der Waals surface area contributed by atoms with Crippen molar-refractivity contribution in [3.8, 4) is 0 Å². The van der Waals surface area contributed by atoms with Crippen LogP contribution < -0.4 is 4.90 Å². The van der Waals surface area contributed by atoms with E-state index in [0.717, 1.165) is 31.9 Å². The summed E-state index contributed by atoms with van der Waals surface area (Å²) in [7, 11) is 0. The molecule has 1 saturated heterocycles. The van der Waals surface area contributed by atoms with Gasteiger partial charge in [-0.1, -0.05) is 0 Å². The molecule has 0 aliphatic carbocycles.